The molecule has 32 heavy (non-hydrogen) atoms. The van der Waals surface area contributed by atoms with Crippen molar-refractivity contribution >= 4 is 15.9 Å². The first-order chi connectivity index (χ1) is 15.5. The van der Waals surface area contributed by atoms with Crippen LogP contribution in [0.4, 0.5) is 0 Å². The van der Waals surface area contributed by atoms with Crippen molar-refractivity contribution in [2.24, 2.45) is 0 Å². The number of hydrogen-bond donors (Lipinski definition) is 0. The average molecular weight is 457 g/mol. The Morgan fingerprint density at radius 1 is 0.969 bits per heavy atom. The second-order valence-corrected chi connectivity index (χ2v) is 10.4. The summed E-state index contributed by atoms with van der Waals surface area (Å²) in [6, 6.07) is 13.4. The van der Waals surface area contributed by atoms with Gasteiger partial charge >= 0.3 is 0 Å². The molecule has 4 rings (SSSR count). The van der Waals surface area contributed by atoms with E-state index in [0.29, 0.717) is 50.5 Å². The van der Waals surface area contributed by atoms with Crippen LogP contribution in [0.2, 0.25) is 0 Å². The van der Waals surface area contributed by atoms with Gasteiger partial charge in [0, 0.05) is 32.6 Å². The molecular weight excluding hydrogens is 424 g/mol. The van der Waals surface area contributed by atoms with E-state index < -0.39 is 10.0 Å². The summed E-state index contributed by atoms with van der Waals surface area (Å²) in [5.41, 5.74) is 3.46. The number of benzene rings is 2. The highest BCUT2D eigenvalue weighted by atomic mass is 32.2. The van der Waals surface area contributed by atoms with Gasteiger partial charge in [0.25, 0.3) is 0 Å². The highest BCUT2D eigenvalue weighted by molar-refractivity contribution is 7.89. The molecule has 172 valence electrons. The second kappa shape index (κ2) is 10.0. The predicted molar refractivity (Wildman–Crippen MR) is 124 cm³/mol. The first-order valence-electron chi connectivity index (χ1n) is 11.6. The maximum Gasteiger partial charge on any atom is 0.243 e. The molecule has 1 amide bonds. The monoisotopic (exact) mass is 456 g/mol. The molecule has 2 aliphatic rings. The number of carbonyl (C=O) groups is 1. The lowest BCUT2D eigenvalue weighted by atomic mass is 9.92. The van der Waals surface area contributed by atoms with Crippen LogP contribution in [0.1, 0.15) is 42.9 Å². The summed E-state index contributed by atoms with van der Waals surface area (Å²) in [5, 5.41) is 0. The Morgan fingerprint density at radius 3 is 2.44 bits per heavy atom. The molecule has 2 aromatic carbocycles. The number of aryl methyl sites for hydroxylation is 3. The first-order valence-corrected chi connectivity index (χ1v) is 13.0. The maximum absolute atomic E-state index is 13.2. The highest BCUT2D eigenvalue weighted by Gasteiger charge is 2.30. The number of fused-ring (bicyclic) bond motifs is 1. The smallest absolute Gasteiger partial charge is 0.243 e. The van der Waals surface area contributed by atoms with Crippen LogP contribution in [0.15, 0.2) is 47.4 Å². The summed E-state index contributed by atoms with van der Waals surface area (Å²) in [4.78, 5) is 14.9. The van der Waals surface area contributed by atoms with Crippen molar-refractivity contribution in [1.82, 2.24) is 9.21 Å². The van der Waals surface area contributed by atoms with Gasteiger partial charge in [-0.3, -0.25) is 4.79 Å². The van der Waals surface area contributed by atoms with Crippen molar-refractivity contribution in [2.45, 2.75) is 50.3 Å². The van der Waals surface area contributed by atoms with Crippen LogP contribution in [-0.2, 0) is 34.1 Å². The summed E-state index contributed by atoms with van der Waals surface area (Å²) in [6.07, 6.45) is 5.28. The molecule has 1 aliphatic heterocycles. The zero-order valence-corrected chi connectivity index (χ0v) is 19.6. The fourth-order valence-electron chi connectivity index (χ4n) is 4.60. The van der Waals surface area contributed by atoms with Crippen LogP contribution >= 0.6 is 0 Å². The molecule has 0 bridgehead atoms. The summed E-state index contributed by atoms with van der Waals surface area (Å²) in [7, 11) is -3.53. The van der Waals surface area contributed by atoms with Crippen LogP contribution in [0.25, 0.3) is 0 Å². The molecule has 6 nitrogen and oxygen atoms in total. The van der Waals surface area contributed by atoms with Crippen LogP contribution in [-0.4, -0.2) is 56.3 Å². The maximum atomic E-state index is 13.2. The third kappa shape index (κ3) is 4.99. The number of nitrogens with zero attached hydrogens (tertiary/aromatic N) is 2. The molecule has 0 radical (unpaired) electrons. The quantitative estimate of drug-likeness (QED) is 0.640. The molecule has 2 aromatic rings. The van der Waals surface area contributed by atoms with E-state index in [0.717, 1.165) is 30.6 Å². The lowest BCUT2D eigenvalue weighted by Gasteiger charge is -2.34. The fourth-order valence-corrected chi connectivity index (χ4v) is 6.08. The predicted octanol–water partition coefficient (Wildman–Crippen LogP) is 3.43. The third-order valence-corrected chi connectivity index (χ3v) is 8.32. The molecule has 0 spiro atoms. The molecule has 7 heteroatoms. The molecule has 0 atom stereocenters. The number of ether oxygens (including phenoxy) is 1. The normalized spacial score (nSPS) is 17.1. The molecule has 0 saturated carbocycles. The van der Waals surface area contributed by atoms with Crippen molar-refractivity contribution in [2.75, 3.05) is 32.8 Å². The number of hydrogen-bond acceptors (Lipinski definition) is 4. The van der Waals surface area contributed by atoms with E-state index in [9.17, 15) is 13.2 Å². The molecule has 1 saturated heterocycles. The molecule has 0 unspecified atom stereocenters. The fraction of sp³-hybridized carbons (Fsp3) is 0.480. The van der Waals surface area contributed by atoms with Gasteiger partial charge in [0.15, 0.2) is 0 Å². The van der Waals surface area contributed by atoms with Crippen molar-refractivity contribution in [3.63, 3.8) is 0 Å². The standard InChI is InChI=1S/C25H32N2O4S/c1-2-31-24-10-6-5-8-21(24)12-14-25(28)26-15-17-27(18-16-26)32(29,30)23-13-11-20-7-3-4-9-22(20)19-23/h5-6,8,10-11,13,19H,2-4,7,9,12,14-18H2,1H3. The summed E-state index contributed by atoms with van der Waals surface area (Å²) in [5.74, 6) is 0.880. The van der Waals surface area contributed by atoms with Crippen LogP contribution in [0.5, 0.6) is 5.75 Å². The van der Waals surface area contributed by atoms with Gasteiger partial charge in [0.1, 0.15) is 5.75 Å². The number of piperazine rings is 1. The zero-order valence-electron chi connectivity index (χ0n) is 18.8. The van der Waals surface area contributed by atoms with Crippen molar-refractivity contribution in [3.8, 4) is 5.75 Å². The van der Waals surface area contributed by atoms with Gasteiger partial charge in [-0.25, -0.2) is 8.42 Å². The van der Waals surface area contributed by atoms with Gasteiger partial charge in [-0.2, -0.15) is 4.31 Å². The van der Waals surface area contributed by atoms with Crippen LogP contribution < -0.4 is 4.74 Å². The Bertz CT molecular complexity index is 1060. The van der Waals surface area contributed by atoms with Crippen molar-refractivity contribution in [3.05, 3.63) is 59.2 Å². The molecule has 1 aliphatic carbocycles. The van der Waals surface area contributed by atoms with Crippen molar-refractivity contribution in [1.29, 1.82) is 0 Å². The first kappa shape index (κ1) is 22.8. The number of sulfonamides is 1. The van der Waals surface area contributed by atoms with E-state index >= 15 is 0 Å². The van der Waals surface area contributed by atoms with Gasteiger partial charge in [-0.1, -0.05) is 24.3 Å². The van der Waals surface area contributed by atoms with Gasteiger partial charge in [0.2, 0.25) is 15.9 Å². The van der Waals surface area contributed by atoms with Gasteiger partial charge < -0.3 is 9.64 Å². The summed E-state index contributed by atoms with van der Waals surface area (Å²) < 4.78 is 33.5. The molecule has 0 aromatic heterocycles. The number of carbonyl (C=O) groups excluding carboxylic acids is 1. The van der Waals surface area contributed by atoms with E-state index in [2.05, 4.69) is 0 Å². The lowest BCUT2D eigenvalue weighted by molar-refractivity contribution is -0.132. The second-order valence-electron chi connectivity index (χ2n) is 8.46. The molecule has 1 fully saturated rings. The van der Waals surface area contributed by atoms with Crippen LogP contribution in [0, 0.1) is 0 Å². The van der Waals surface area contributed by atoms with Gasteiger partial charge in [0.05, 0.1) is 11.5 Å². The summed E-state index contributed by atoms with van der Waals surface area (Å²) >= 11 is 0. The minimum Gasteiger partial charge on any atom is -0.494 e. The van der Waals surface area contributed by atoms with E-state index in [1.807, 2.05) is 43.3 Å². The Morgan fingerprint density at radius 2 is 1.69 bits per heavy atom. The molecule has 0 N–H and O–H groups in total. The van der Waals surface area contributed by atoms with E-state index in [1.54, 1.807) is 11.0 Å². The average Bonchev–Trinajstić information content (AvgIpc) is 2.83. The highest BCUT2D eigenvalue weighted by Crippen LogP contribution is 2.26. The van der Waals surface area contributed by atoms with E-state index in [4.69, 9.17) is 4.74 Å². The van der Waals surface area contributed by atoms with E-state index in [1.165, 1.54) is 21.9 Å². The topological polar surface area (TPSA) is 66.9 Å². The SMILES string of the molecule is CCOc1ccccc1CCC(=O)N1CCN(S(=O)(=O)c2ccc3c(c2)CCCC3)CC1. The molecule has 1 heterocycles. The number of rotatable bonds is 7. The van der Waals surface area contributed by atoms with Gasteiger partial charge in [-0.15, -0.1) is 0 Å². The van der Waals surface area contributed by atoms with E-state index in [-0.39, 0.29) is 5.91 Å². The Balaban J connectivity index is 1.34. The third-order valence-electron chi connectivity index (χ3n) is 6.43. The Kier molecular flexibility index (Phi) is 7.16. The Hall–Kier alpha value is -2.38. The minimum atomic E-state index is -3.53. The lowest BCUT2D eigenvalue weighted by Crippen LogP contribution is -2.50. The minimum absolute atomic E-state index is 0.0575. The van der Waals surface area contributed by atoms with Crippen LogP contribution in [0.3, 0.4) is 0 Å². The number of amides is 1. The van der Waals surface area contributed by atoms with Gasteiger partial charge in [-0.05, 0) is 73.9 Å². The zero-order chi connectivity index (χ0) is 22.6. The summed E-state index contributed by atoms with van der Waals surface area (Å²) in [6.45, 7) is 4.05. The number of para-hydroxylation sites is 1. The van der Waals surface area contributed by atoms with Crippen molar-refractivity contribution < 1.29 is 17.9 Å². The molecular formula is C25H32N2O4S. The largest absolute Gasteiger partial charge is 0.494 e. The Labute approximate surface area is 191 Å².